The van der Waals surface area contributed by atoms with Crippen molar-refractivity contribution < 1.29 is 14.3 Å². The number of ether oxygens (including phenoxy) is 1. The normalized spacial score (nSPS) is 10.8. The molecule has 0 aliphatic rings. The van der Waals surface area contributed by atoms with Gasteiger partial charge in [-0.05, 0) is 38.1 Å². The van der Waals surface area contributed by atoms with E-state index >= 15 is 0 Å². The number of carbonyl (C=O) groups is 2. The Morgan fingerprint density at radius 3 is 2.58 bits per heavy atom. The standard InChI is InChI=1S/C25H25N5O3S3/c1-3-33-23(32)13-18-14-35-24(26-18)27-22(31)16-36-25-29-28-21(30(25)19-7-5-4-6-8-19)15-34-20-11-9-17(2)10-12-20/h4-12,14H,3,13,15-16H2,1-2H3,(H,26,27,31). The first-order valence-electron chi connectivity index (χ1n) is 11.2. The number of nitrogens with one attached hydrogen (secondary N) is 1. The van der Waals surface area contributed by atoms with E-state index in [1.807, 2.05) is 34.9 Å². The monoisotopic (exact) mass is 539 g/mol. The van der Waals surface area contributed by atoms with E-state index in [1.165, 1.54) is 28.7 Å². The van der Waals surface area contributed by atoms with E-state index < -0.39 is 0 Å². The van der Waals surface area contributed by atoms with Crippen LogP contribution in [0.15, 0.2) is 70.0 Å². The van der Waals surface area contributed by atoms with E-state index in [1.54, 1.807) is 24.1 Å². The van der Waals surface area contributed by atoms with E-state index in [9.17, 15) is 9.59 Å². The van der Waals surface area contributed by atoms with Crippen molar-refractivity contribution in [2.45, 2.75) is 36.1 Å². The molecule has 0 saturated carbocycles. The number of thioether (sulfide) groups is 2. The zero-order valence-corrected chi connectivity index (χ0v) is 22.3. The quantitative estimate of drug-likeness (QED) is 0.206. The topological polar surface area (TPSA) is 99.0 Å². The lowest BCUT2D eigenvalue weighted by molar-refractivity contribution is -0.142. The van der Waals surface area contributed by atoms with Crippen LogP contribution in [0.2, 0.25) is 0 Å². The second-order valence-electron chi connectivity index (χ2n) is 7.63. The van der Waals surface area contributed by atoms with Crippen LogP contribution in [0, 0.1) is 6.92 Å². The number of amides is 1. The first kappa shape index (κ1) is 25.9. The molecular weight excluding hydrogens is 515 g/mol. The number of aryl methyl sites for hydroxylation is 1. The molecule has 11 heteroatoms. The van der Waals surface area contributed by atoms with Gasteiger partial charge in [-0.15, -0.1) is 33.3 Å². The fourth-order valence-electron chi connectivity index (χ4n) is 3.20. The molecule has 8 nitrogen and oxygen atoms in total. The first-order chi connectivity index (χ1) is 17.5. The zero-order chi connectivity index (χ0) is 25.3. The number of rotatable bonds is 11. The van der Waals surface area contributed by atoms with Crippen molar-refractivity contribution in [3.63, 3.8) is 0 Å². The van der Waals surface area contributed by atoms with E-state index in [4.69, 9.17) is 4.74 Å². The molecule has 2 aromatic heterocycles. The molecule has 1 amide bonds. The van der Waals surface area contributed by atoms with Crippen LogP contribution >= 0.6 is 34.9 Å². The summed E-state index contributed by atoms with van der Waals surface area (Å²) in [5.74, 6) is 1.03. The third-order valence-corrected chi connectivity index (χ3v) is 7.61. The van der Waals surface area contributed by atoms with Gasteiger partial charge in [-0.3, -0.25) is 14.2 Å². The lowest BCUT2D eigenvalue weighted by atomic mass is 10.2. The van der Waals surface area contributed by atoms with Gasteiger partial charge in [0.1, 0.15) is 5.82 Å². The molecule has 4 aromatic rings. The Bertz CT molecular complexity index is 1310. The van der Waals surface area contributed by atoms with Crippen molar-refractivity contribution in [3.05, 3.63) is 77.1 Å². The van der Waals surface area contributed by atoms with E-state index in [0.717, 1.165) is 16.4 Å². The molecule has 36 heavy (non-hydrogen) atoms. The highest BCUT2D eigenvalue weighted by Gasteiger charge is 2.17. The average Bonchev–Trinajstić information content (AvgIpc) is 3.49. The highest BCUT2D eigenvalue weighted by Crippen LogP contribution is 2.28. The molecule has 0 bridgehead atoms. The predicted molar refractivity (Wildman–Crippen MR) is 144 cm³/mol. The van der Waals surface area contributed by atoms with Crippen molar-refractivity contribution in [1.82, 2.24) is 19.7 Å². The highest BCUT2D eigenvalue weighted by molar-refractivity contribution is 7.99. The van der Waals surface area contributed by atoms with Crippen molar-refractivity contribution in [1.29, 1.82) is 0 Å². The third-order valence-electron chi connectivity index (χ3n) is 4.86. The molecule has 0 aliphatic heterocycles. The SMILES string of the molecule is CCOC(=O)Cc1csc(NC(=O)CSc2nnc(CSc3ccc(C)cc3)n2-c2ccccc2)n1. The number of nitrogens with zero attached hydrogens (tertiary/aromatic N) is 4. The van der Waals surface area contributed by atoms with Crippen LogP contribution in [-0.2, 0) is 26.5 Å². The van der Waals surface area contributed by atoms with Crippen LogP contribution in [0.5, 0.6) is 0 Å². The Morgan fingerprint density at radius 2 is 1.83 bits per heavy atom. The van der Waals surface area contributed by atoms with E-state index in [2.05, 4.69) is 51.7 Å². The Hall–Kier alpha value is -3.15. The number of hydrogen-bond acceptors (Lipinski definition) is 9. The summed E-state index contributed by atoms with van der Waals surface area (Å²) in [4.78, 5) is 29.7. The summed E-state index contributed by atoms with van der Waals surface area (Å²) < 4.78 is 6.92. The van der Waals surface area contributed by atoms with Gasteiger partial charge in [-0.1, -0.05) is 47.7 Å². The van der Waals surface area contributed by atoms with Crippen LogP contribution in [0.1, 0.15) is 24.0 Å². The number of esters is 1. The lowest BCUT2D eigenvalue weighted by Gasteiger charge is -2.10. The summed E-state index contributed by atoms with van der Waals surface area (Å²) in [6, 6.07) is 18.2. The van der Waals surface area contributed by atoms with Crippen LogP contribution < -0.4 is 5.32 Å². The molecule has 0 atom stereocenters. The van der Waals surface area contributed by atoms with E-state index in [0.29, 0.717) is 28.3 Å². The minimum absolute atomic E-state index is 0.0819. The molecule has 0 spiro atoms. The number of para-hydroxylation sites is 1. The fourth-order valence-corrected chi connectivity index (χ4v) is 5.51. The summed E-state index contributed by atoms with van der Waals surface area (Å²) in [5.41, 5.74) is 2.73. The Morgan fingerprint density at radius 1 is 1.06 bits per heavy atom. The predicted octanol–water partition coefficient (Wildman–Crippen LogP) is 5.16. The van der Waals surface area contributed by atoms with Gasteiger partial charge in [0.05, 0.1) is 30.2 Å². The molecule has 0 fully saturated rings. The maximum Gasteiger partial charge on any atom is 0.311 e. The molecule has 0 saturated heterocycles. The Kier molecular flexibility index (Phi) is 9.15. The van der Waals surface area contributed by atoms with Gasteiger partial charge in [0.25, 0.3) is 0 Å². The second-order valence-corrected chi connectivity index (χ2v) is 10.5. The van der Waals surface area contributed by atoms with Gasteiger partial charge < -0.3 is 10.1 Å². The Balaban J connectivity index is 1.40. The molecule has 0 aliphatic carbocycles. The molecule has 1 N–H and O–H groups in total. The van der Waals surface area contributed by atoms with Gasteiger partial charge in [0, 0.05) is 16.0 Å². The number of aromatic nitrogens is 4. The summed E-state index contributed by atoms with van der Waals surface area (Å²) in [6.45, 7) is 4.15. The third kappa shape index (κ3) is 7.19. The van der Waals surface area contributed by atoms with Gasteiger partial charge in [-0.25, -0.2) is 4.98 Å². The average molecular weight is 540 g/mol. The Labute approximate surface area is 221 Å². The number of carbonyl (C=O) groups excluding carboxylic acids is 2. The first-order valence-corrected chi connectivity index (χ1v) is 14.1. The second kappa shape index (κ2) is 12.7. The van der Waals surface area contributed by atoms with Crippen molar-refractivity contribution in [2.24, 2.45) is 0 Å². The van der Waals surface area contributed by atoms with Crippen LogP contribution in [-0.4, -0.2) is 44.0 Å². The summed E-state index contributed by atoms with van der Waals surface area (Å²) >= 11 is 4.27. The molecule has 2 heterocycles. The zero-order valence-electron chi connectivity index (χ0n) is 19.8. The molecular formula is C25H25N5O3S3. The van der Waals surface area contributed by atoms with Crippen molar-refractivity contribution >= 4 is 51.9 Å². The molecule has 2 aromatic carbocycles. The number of hydrogen-bond donors (Lipinski definition) is 1. The maximum absolute atomic E-state index is 12.6. The smallest absolute Gasteiger partial charge is 0.311 e. The van der Waals surface area contributed by atoms with Crippen molar-refractivity contribution in [3.8, 4) is 5.69 Å². The minimum Gasteiger partial charge on any atom is -0.466 e. The molecule has 186 valence electrons. The lowest BCUT2D eigenvalue weighted by Crippen LogP contribution is -2.15. The molecule has 0 unspecified atom stereocenters. The number of anilines is 1. The van der Waals surface area contributed by atoms with Gasteiger partial charge >= 0.3 is 5.97 Å². The van der Waals surface area contributed by atoms with Crippen molar-refractivity contribution in [2.75, 3.05) is 17.7 Å². The van der Waals surface area contributed by atoms with Gasteiger partial charge in [0.15, 0.2) is 10.3 Å². The summed E-state index contributed by atoms with van der Waals surface area (Å²) in [5, 5.41) is 14.4. The number of thiazole rings is 1. The summed E-state index contributed by atoms with van der Waals surface area (Å²) in [7, 11) is 0. The van der Waals surface area contributed by atoms with Gasteiger partial charge in [-0.2, -0.15) is 0 Å². The highest BCUT2D eigenvalue weighted by atomic mass is 32.2. The van der Waals surface area contributed by atoms with E-state index in [-0.39, 0.29) is 24.1 Å². The molecule has 0 radical (unpaired) electrons. The maximum atomic E-state index is 12.6. The fraction of sp³-hybridized carbons (Fsp3) is 0.240. The largest absolute Gasteiger partial charge is 0.466 e. The summed E-state index contributed by atoms with van der Waals surface area (Å²) in [6.07, 6.45) is 0.0819. The van der Waals surface area contributed by atoms with Crippen LogP contribution in [0.25, 0.3) is 5.69 Å². The number of benzene rings is 2. The molecule has 4 rings (SSSR count). The minimum atomic E-state index is -0.340. The van der Waals surface area contributed by atoms with Crippen LogP contribution in [0.3, 0.4) is 0 Å². The van der Waals surface area contributed by atoms with Crippen LogP contribution in [0.4, 0.5) is 5.13 Å². The van der Waals surface area contributed by atoms with Gasteiger partial charge in [0.2, 0.25) is 5.91 Å².